The zero-order valence-corrected chi connectivity index (χ0v) is 10.0. The second-order valence-electron chi connectivity index (χ2n) is 3.84. The third-order valence-electron chi connectivity index (χ3n) is 2.66. The lowest BCUT2D eigenvalue weighted by Crippen LogP contribution is -2.24. The summed E-state index contributed by atoms with van der Waals surface area (Å²) in [5.74, 6) is 0.358. The molecule has 0 fully saturated rings. The third kappa shape index (κ3) is 4.62. The minimum Gasteiger partial charge on any atom is -0.493 e. The molecule has 1 unspecified atom stereocenters. The summed E-state index contributed by atoms with van der Waals surface area (Å²) in [5, 5.41) is 3.24. The molecule has 0 aliphatic rings. The van der Waals surface area contributed by atoms with E-state index in [0.29, 0.717) is 18.4 Å². The van der Waals surface area contributed by atoms with Gasteiger partial charge in [-0.3, -0.25) is 0 Å². The molecule has 1 rings (SSSR count). The lowest BCUT2D eigenvalue weighted by Gasteiger charge is -2.13. The summed E-state index contributed by atoms with van der Waals surface area (Å²) in [5.41, 5.74) is 0. The molecule has 0 amide bonds. The van der Waals surface area contributed by atoms with E-state index in [4.69, 9.17) is 4.74 Å². The van der Waals surface area contributed by atoms with E-state index in [9.17, 15) is 4.39 Å². The Morgan fingerprint density at radius 1 is 1.44 bits per heavy atom. The van der Waals surface area contributed by atoms with Crippen LogP contribution >= 0.6 is 0 Å². The van der Waals surface area contributed by atoms with Crippen LogP contribution in [0.4, 0.5) is 4.39 Å². The van der Waals surface area contributed by atoms with Gasteiger partial charge in [0.05, 0.1) is 6.61 Å². The maximum Gasteiger partial charge on any atom is 0.126 e. The number of benzene rings is 1. The molecule has 0 aliphatic carbocycles. The Labute approximate surface area is 96.8 Å². The highest BCUT2D eigenvalue weighted by molar-refractivity contribution is 5.22. The molecule has 2 nitrogen and oxygen atoms in total. The van der Waals surface area contributed by atoms with Crippen molar-refractivity contribution >= 4 is 0 Å². The van der Waals surface area contributed by atoms with Crippen LogP contribution in [0.2, 0.25) is 0 Å². The molecule has 0 saturated carbocycles. The molecule has 0 radical (unpaired) electrons. The van der Waals surface area contributed by atoms with Crippen LogP contribution in [0.1, 0.15) is 26.2 Å². The molecule has 0 aromatic heterocycles. The molecule has 0 saturated heterocycles. The molecule has 1 N–H and O–H groups in total. The Morgan fingerprint density at radius 2 is 2.25 bits per heavy atom. The molecule has 0 bridgehead atoms. The zero-order chi connectivity index (χ0) is 11.8. The van der Waals surface area contributed by atoms with Crippen molar-refractivity contribution in [3.63, 3.8) is 0 Å². The highest BCUT2D eigenvalue weighted by Gasteiger charge is 2.02. The first kappa shape index (κ1) is 13.0. The van der Waals surface area contributed by atoms with E-state index >= 15 is 0 Å². The number of hydrogen-bond acceptors (Lipinski definition) is 2. The van der Waals surface area contributed by atoms with Gasteiger partial charge in [0.2, 0.25) is 0 Å². The largest absolute Gasteiger partial charge is 0.493 e. The minimum absolute atomic E-state index is 0.251. The minimum atomic E-state index is -0.251. The molecule has 0 spiro atoms. The van der Waals surface area contributed by atoms with Crippen LogP contribution in [0.5, 0.6) is 5.75 Å². The second-order valence-corrected chi connectivity index (χ2v) is 3.84. The van der Waals surface area contributed by atoms with E-state index in [0.717, 1.165) is 19.3 Å². The standard InChI is InChI=1S/C13H20FNO/c1-3-12(15-2)7-5-9-16-13-8-4-6-11(14)10-13/h4,6,8,10,12,15H,3,5,7,9H2,1-2H3. The van der Waals surface area contributed by atoms with Crippen LogP contribution in [-0.2, 0) is 0 Å². The van der Waals surface area contributed by atoms with E-state index in [-0.39, 0.29) is 5.82 Å². The fourth-order valence-corrected chi connectivity index (χ4v) is 1.63. The summed E-state index contributed by atoms with van der Waals surface area (Å²) < 4.78 is 18.3. The van der Waals surface area contributed by atoms with Gasteiger partial charge in [0.15, 0.2) is 0 Å². The van der Waals surface area contributed by atoms with Crippen LogP contribution in [-0.4, -0.2) is 19.7 Å². The highest BCUT2D eigenvalue weighted by Crippen LogP contribution is 2.12. The van der Waals surface area contributed by atoms with Crippen LogP contribution in [0.15, 0.2) is 24.3 Å². The highest BCUT2D eigenvalue weighted by atomic mass is 19.1. The van der Waals surface area contributed by atoms with Crippen LogP contribution in [0.25, 0.3) is 0 Å². The molecular weight excluding hydrogens is 205 g/mol. The Morgan fingerprint density at radius 3 is 2.88 bits per heavy atom. The summed E-state index contributed by atoms with van der Waals surface area (Å²) in [6.07, 6.45) is 3.19. The SMILES string of the molecule is CCC(CCCOc1cccc(F)c1)NC. The van der Waals surface area contributed by atoms with Crippen LogP contribution in [0.3, 0.4) is 0 Å². The van der Waals surface area contributed by atoms with Crippen molar-refractivity contribution in [1.82, 2.24) is 5.32 Å². The summed E-state index contributed by atoms with van der Waals surface area (Å²) in [6, 6.07) is 6.82. The van der Waals surface area contributed by atoms with Crippen molar-refractivity contribution in [2.45, 2.75) is 32.2 Å². The number of nitrogens with one attached hydrogen (secondary N) is 1. The van der Waals surface area contributed by atoms with Gasteiger partial charge in [-0.1, -0.05) is 13.0 Å². The number of halogens is 1. The molecule has 1 aromatic rings. The Hall–Kier alpha value is -1.09. The maximum atomic E-state index is 12.8. The normalized spacial score (nSPS) is 12.4. The fraction of sp³-hybridized carbons (Fsp3) is 0.538. The summed E-state index contributed by atoms with van der Waals surface area (Å²) in [7, 11) is 1.97. The summed E-state index contributed by atoms with van der Waals surface area (Å²) >= 11 is 0. The quantitative estimate of drug-likeness (QED) is 0.720. The number of hydrogen-bond donors (Lipinski definition) is 1. The van der Waals surface area contributed by atoms with Crippen molar-refractivity contribution in [2.24, 2.45) is 0 Å². The Balaban J connectivity index is 2.20. The van der Waals surface area contributed by atoms with E-state index in [2.05, 4.69) is 12.2 Å². The molecular formula is C13H20FNO. The Bertz CT molecular complexity index is 300. The van der Waals surface area contributed by atoms with Gasteiger partial charge in [-0.15, -0.1) is 0 Å². The third-order valence-corrected chi connectivity index (χ3v) is 2.66. The predicted molar refractivity (Wildman–Crippen MR) is 64.3 cm³/mol. The molecule has 16 heavy (non-hydrogen) atoms. The van der Waals surface area contributed by atoms with Gasteiger partial charge in [-0.2, -0.15) is 0 Å². The Kier molecular flexibility index (Phi) is 5.86. The van der Waals surface area contributed by atoms with Crippen molar-refractivity contribution in [1.29, 1.82) is 0 Å². The van der Waals surface area contributed by atoms with Gasteiger partial charge in [0, 0.05) is 12.1 Å². The monoisotopic (exact) mass is 225 g/mol. The zero-order valence-electron chi connectivity index (χ0n) is 10.0. The summed E-state index contributed by atoms with van der Waals surface area (Å²) in [4.78, 5) is 0. The number of ether oxygens (including phenoxy) is 1. The second kappa shape index (κ2) is 7.23. The lowest BCUT2D eigenvalue weighted by molar-refractivity contribution is 0.295. The van der Waals surface area contributed by atoms with Gasteiger partial charge in [-0.05, 0) is 38.4 Å². The molecule has 1 aromatic carbocycles. The molecule has 0 aliphatic heterocycles. The van der Waals surface area contributed by atoms with Crippen molar-refractivity contribution in [3.05, 3.63) is 30.1 Å². The van der Waals surface area contributed by atoms with Gasteiger partial charge in [-0.25, -0.2) is 4.39 Å². The molecule has 90 valence electrons. The first-order valence-electron chi connectivity index (χ1n) is 5.82. The smallest absolute Gasteiger partial charge is 0.126 e. The molecule has 1 atom stereocenters. The van der Waals surface area contributed by atoms with E-state index < -0.39 is 0 Å². The topological polar surface area (TPSA) is 21.3 Å². The average Bonchev–Trinajstić information content (AvgIpc) is 2.29. The lowest BCUT2D eigenvalue weighted by atomic mass is 10.1. The van der Waals surface area contributed by atoms with Crippen LogP contribution in [0, 0.1) is 5.82 Å². The summed E-state index contributed by atoms with van der Waals surface area (Å²) in [6.45, 7) is 2.80. The van der Waals surface area contributed by atoms with Gasteiger partial charge in [0.25, 0.3) is 0 Å². The molecule has 3 heteroatoms. The van der Waals surface area contributed by atoms with E-state index in [1.54, 1.807) is 12.1 Å². The first-order chi connectivity index (χ1) is 7.76. The van der Waals surface area contributed by atoms with Crippen molar-refractivity contribution in [3.8, 4) is 5.75 Å². The van der Waals surface area contributed by atoms with Crippen molar-refractivity contribution in [2.75, 3.05) is 13.7 Å². The van der Waals surface area contributed by atoms with Gasteiger partial charge >= 0.3 is 0 Å². The molecule has 0 heterocycles. The average molecular weight is 225 g/mol. The van der Waals surface area contributed by atoms with E-state index in [1.165, 1.54) is 12.1 Å². The number of rotatable bonds is 7. The first-order valence-corrected chi connectivity index (χ1v) is 5.82. The fourth-order valence-electron chi connectivity index (χ4n) is 1.63. The maximum absolute atomic E-state index is 12.8. The van der Waals surface area contributed by atoms with Crippen LogP contribution < -0.4 is 10.1 Å². The van der Waals surface area contributed by atoms with Crippen molar-refractivity contribution < 1.29 is 9.13 Å². The van der Waals surface area contributed by atoms with Gasteiger partial charge < -0.3 is 10.1 Å². The predicted octanol–water partition coefficient (Wildman–Crippen LogP) is 2.98. The van der Waals surface area contributed by atoms with E-state index in [1.807, 2.05) is 7.05 Å². The van der Waals surface area contributed by atoms with Gasteiger partial charge in [0.1, 0.15) is 11.6 Å².